The SMILES string of the molecule is COc1cc(OC)c(OC)cc1C[C@@H](NC(=O)OCC1c2ccccc2-c2ccccc21)C(=O)O. The van der Waals surface area contributed by atoms with E-state index in [1.807, 2.05) is 48.5 Å². The van der Waals surface area contributed by atoms with E-state index in [1.165, 1.54) is 21.3 Å². The Bertz CT molecular complexity index is 1190. The third-order valence-corrected chi connectivity index (χ3v) is 6.14. The van der Waals surface area contributed by atoms with Crippen molar-refractivity contribution in [2.45, 2.75) is 18.4 Å². The Balaban J connectivity index is 1.47. The van der Waals surface area contributed by atoms with Crippen molar-refractivity contribution in [3.05, 3.63) is 77.4 Å². The molecule has 1 atom stereocenters. The topological polar surface area (TPSA) is 103 Å². The van der Waals surface area contributed by atoms with Gasteiger partial charge in [-0.1, -0.05) is 48.5 Å². The van der Waals surface area contributed by atoms with Gasteiger partial charge >= 0.3 is 12.1 Å². The number of ether oxygens (including phenoxy) is 4. The normalized spacial score (nSPS) is 12.8. The molecule has 1 aliphatic carbocycles. The number of carboxylic acid groups (broad SMARTS) is 1. The summed E-state index contributed by atoms with van der Waals surface area (Å²) < 4.78 is 21.5. The molecule has 35 heavy (non-hydrogen) atoms. The van der Waals surface area contributed by atoms with E-state index >= 15 is 0 Å². The highest BCUT2D eigenvalue weighted by Gasteiger charge is 2.30. The Morgan fingerprint density at radius 3 is 1.94 bits per heavy atom. The number of carbonyl (C=O) groups excluding carboxylic acids is 1. The van der Waals surface area contributed by atoms with Crippen molar-refractivity contribution in [1.82, 2.24) is 5.32 Å². The van der Waals surface area contributed by atoms with Crippen LogP contribution in [0.2, 0.25) is 0 Å². The van der Waals surface area contributed by atoms with Gasteiger partial charge < -0.3 is 29.4 Å². The predicted molar refractivity (Wildman–Crippen MR) is 129 cm³/mol. The molecular weight excluding hydrogens is 450 g/mol. The first-order valence-electron chi connectivity index (χ1n) is 11.1. The molecule has 0 radical (unpaired) electrons. The average molecular weight is 478 g/mol. The van der Waals surface area contributed by atoms with Gasteiger partial charge in [-0.3, -0.25) is 0 Å². The molecule has 0 saturated carbocycles. The van der Waals surface area contributed by atoms with Gasteiger partial charge in [0, 0.05) is 24.0 Å². The Labute approximate surface area is 203 Å². The van der Waals surface area contributed by atoms with Crippen molar-refractivity contribution in [3.8, 4) is 28.4 Å². The molecule has 1 aliphatic rings. The number of hydrogen-bond acceptors (Lipinski definition) is 6. The van der Waals surface area contributed by atoms with E-state index in [2.05, 4.69) is 5.32 Å². The minimum absolute atomic E-state index is 0.0386. The van der Waals surface area contributed by atoms with Gasteiger partial charge in [-0.15, -0.1) is 0 Å². The van der Waals surface area contributed by atoms with Gasteiger partial charge in [-0.25, -0.2) is 9.59 Å². The van der Waals surface area contributed by atoms with E-state index in [0.29, 0.717) is 22.8 Å². The number of amides is 1. The van der Waals surface area contributed by atoms with Crippen LogP contribution in [0.25, 0.3) is 11.1 Å². The van der Waals surface area contributed by atoms with Crippen LogP contribution in [0.3, 0.4) is 0 Å². The van der Waals surface area contributed by atoms with Gasteiger partial charge in [-0.05, 0) is 28.3 Å². The summed E-state index contributed by atoms with van der Waals surface area (Å²) in [5, 5.41) is 12.2. The summed E-state index contributed by atoms with van der Waals surface area (Å²) in [6.45, 7) is 0.0892. The summed E-state index contributed by atoms with van der Waals surface area (Å²) in [4.78, 5) is 24.6. The van der Waals surface area contributed by atoms with Crippen molar-refractivity contribution in [3.63, 3.8) is 0 Å². The lowest BCUT2D eigenvalue weighted by atomic mass is 9.98. The lowest BCUT2D eigenvalue weighted by Crippen LogP contribution is -2.43. The lowest BCUT2D eigenvalue weighted by molar-refractivity contribution is -0.139. The molecule has 182 valence electrons. The number of alkyl carbamates (subject to hydrolysis) is 1. The summed E-state index contributed by atoms with van der Waals surface area (Å²) in [5.41, 5.74) is 4.91. The Morgan fingerprint density at radius 2 is 1.40 bits per heavy atom. The van der Waals surface area contributed by atoms with E-state index in [9.17, 15) is 14.7 Å². The zero-order valence-electron chi connectivity index (χ0n) is 19.7. The van der Waals surface area contributed by atoms with E-state index in [-0.39, 0.29) is 18.9 Å². The molecule has 8 nitrogen and oxygen atoms in total. The zero-order chi connectivity index (χ0) is 24.9. The molecule has 0 spiro atoms. The number of hydrogen-bond donors (Lipinski definition) is 2. The average Bonchev–Trinajstić information content (AvgIpc) is 3.20. The van der Waals surface area contributed by atoms with Crippen molar-refractivity contribution in [2.24, 2.45) is 0 Å². The lowest BCUT2D eigenvalue weighted by Gasteiger charge is -2.19. The third-order valence-electron chi connectivity index (χ3n) is 6.14. The Morgan fingerprint density at radius 1 is 0.857 bits per heavy atom. The van der Waals surface area contributed by atoms with Gasteiger partial charge in [0.1, 0.15) is 18.4 Å². The van der Waals surface area contributed by atoms with Crippen LogP contribution in [-0.2, 0) is 16.0 Å². The van der Waals surface area contributed by atoms with E-state index < -0.39 is 18.1 Å². The Kier molecular flexibility index (Phi) is 7.10. The van der Waals surface area contributed by atoms with Crippen molar-refractivity contribution >= 4 is 12.1 Å². The fourth-order valence-electron chi connectivity index (χ4n) is 4.45. The fourth-order valence-corrected chi connectivity index (χ4v) is 4.45. The molecular formula is C27H27NO7. The number of nitrogens with one attached hydrogen (secondary N) is 1. The molecule has 4 rings (SSSR count). The number of methoxy groups -OCH3 is 3. The van der Waals surface area contributed by atoms with Crippen LogP contribution in [0.4, 0.5) is 4.79 Å². The second-order valence-electron chi connectivity index (χ2n) is 8.08. The quantitative estimate of drug-likeness (QED) is 0.475. The van der Waals surface area contributed by atoms with Crippen LogP contribution < -0.4 is 19.5 Å². The maximum absolute atomic E-state index is 12.6. The zero-order valence-corrected chi connectivity index (χ0v) is 19.7. The molecule has 0 unspecified atom stereocenters. The van der Waals surface area contributed by atoms with Crippen molar-refractivity contribution in [1.29, 1.82) is 0 Å². The van der Waals surface area contributed by atoms with Gasteiger partial charge in [0.05, 0.1) is 21.3 Å². The van der Waals surface area contributed by atoms with Crippen LogP contribution in [0.1, 0.15) is 22.6 Å². The molecule has 0 heterocycles. The monoisotopic (exact) mass is 477 g/mol. The number of aliphatic carboxylic acids is 1. The maximum Gasteiger partial charge on any atom is 0.407 e. The summed E-state index contributed by atoms with van der Waals surface area (Å²) >= 11 is 0. The molecule has 0 saturated heterocycles. The second-order valence-corrected chi connectivity index (χ2v) is 8.08. The summed E-state index contributed by atoms with van der Waals surface area (Å²) in [7, 11) is 4.45. The first-order chi connectivity index (χ1) is 17.0. The fraction of sp³-hybridized carbons (Fsp3) is 0.259. The summed E-state index contributed by atoms with van der Waals surface area (Å²) in [6.07, 6.45) is -0.845. The van der Waals surface area contributed by atoms with Crippen LogP contribution >= 0.6 is 0 Å². The first kappa shape index (κ1) is 23.9. The van der Waals surface area contributed by atoms with Crippen molar-refractivity contribution < 1.29 is 33.6 Å². The minimum Gasteiger partial charge on any atom is -0.496 e. The third kappa shape index (κ3) is 4.87. The van der Waals surface area contributed by atoms with Crippen LogP contribution in [0.15, 0.2) is 60.7 Å². The molecule has 0 fully saturated rings. The summed E-state index contributed by atoms with van der Waals surface area (Å²) in [5.74, 6) is -0.0287. The first-order valence-corrected chi connectivity index (χ1v) is 11.1. The van der Waals surface area contributed by atoms with E-state index in [0.717, 1.165) is 22.3 Å². The highest BCUT2D eigenvalue weighted by molar-refractivity contribution is 5.81. The molecule has 1 amide bonds. The minimum atomic E-state index is -1.24. The number of carboxylic acids is 1. The molecule has 3 aromatic rings. The number of benzene rings is 3. The standard InChI is InChI=1S/C27H27NO7/c1-32-23-14-25(34-3)24(33-2)13-16(23)12-22(26(29)30)28-27(31)35-15-21-19-10-6-4-8-17(19)18-9-5-7-11-20(18)21/h4-11,13-14,21-22H,12,15H2,1-3H3,(H,28,31)(H,29,30)/t22-/m1/s1. The predicted octanol–water partition coefficient (Wildman–Crippen LogP) is 4.25. The van der Waals surface area contributed by atoms with E-state index in [4.69, 9.17) is 18.9 Å². The number of rotatable bonds is 9. The summed E-state index contributed by atoms with van der Waals surface area (Å²) in [6, 6.07) is 18.0. The van der Waals surface area contributed by atoms with Crippen molar-refractivity contribution in [2.75, 3.05) is 27.9 Å². The van der Waals surface area contributed by atoms with Gasteiger partial charge in [0.25, 0.3) is 0 Å². The maximum atomic E-state index is 12.6. The van der Waals surface area contributed by atoms with Crippen LogP contribution in [0, 0.1) is 0 Å². The Hall–Kier alpha value is -4.20. The highest BCUT2D eigenvalue weighted by Crippen LogP contribution is 2.44. The number of fused-ring (bicyclic) bond motifs is 3. The molecule has 0 aromatic heterocycles. The van der Waals surface area contributed by atoms with Gasteiger partial charge in [0.15, 0.2) is 11.5 Å². The van der Waals surface area contributed by atoms with Gasteiger partial charge in [0.2, 0.25) is 0 Å². The van der Waals surface area contributed by atoms with Crippen LogP contribution in [0.5, 0.6) is 17.2 Å². The van der Waals surface area contributed by atoms with Crippen LogP contribution in [-0.4, -0.2) is 51.1 Å². The number of carbonyl (C=O) groups is 2. The molecule has 8 heteroatoms. The molecule has 3 aromatic carbocycles. The van der Waals surface area contributed by atoms with Gasteiger partial charge in [-0.2, -0.15) is 0 Å². The molecule has 0 aliphatic heterocycles. The largest absolute Gasteiger partial charge is 0.496 e. The molecule has 2 N–H and O–H groups in total. The van der Waals surface area contributed by atoms with E-state index in [1.54, 1.807) is 12.1 Å². The second kappa shape index (κ2) is 10.4. The highest BCUT2D eigenvalue weighted by atomic mass is 16.5. The smallest absolute Gasteiger partial charge is 0.407 e. The molecule has 0 bridgehead atoms.